The number of aryl methyl sites for hydroxylation is 1. The largest absolute Gasteiger partial charge is 0.468 e. The maximum atomic E-state index is 5.25. The molecule has 2 aromatic heterocycles. The topological polar surface area (TPSA) is 51.0 Å². The Kier molecular flexibility index (Phi) is 3.31. The van der Waals surface area contributed by atoms with Gasteiger partial charge in [-0.25, -0.2) is 0 Å². The van der Waals surface area contributed by atoms with Crippen molar-refractivity contribution in [3.63, 3.8) is 0 Å². The average Bonchev–Trinajstić information content (AvgIpc) is 2.79. The molecule has 0 aliphatic carbocycles. The van der Waals surface area contributed by atoms with Crippen molar-refractivity contribution in [1.82, 2.24) is 15.3 Å². The lowest BCUT2D eigenvalue weighted by Gasteiger charge is -2.13. The van der Waals surface area contributed by atoms with Crippen molar-refractivity contribution < 1.29 is 4.42 Å². The first-order chi connectivity index (χ1) is 7.77. The molecule has 2 heterocycles. The van der Waals surface area contributed by atoms with E-state index in [1.165, 1.54) is 0 Å². The maximum absolute atomic E-state index is 5.25. The summed E-state index contributed by atoms with van der Waals surface area (Å²) in [5.74, 6) is 0.924. The summed E-state index contributed by atoms with van der Waals surface area (Å²) < 4.78 is 5.25. The zero-order valence-electron chi connectivity index (χ0n) is 9.47. The maximum Gasteiger partial charge on any atom is 0.117 e. The molecule has 4 heteroatoms. The Labute approximate surface area is 94.7 Å². The van der Waals surface area contributed by atoms with Gasteiger partial charge < -0.3 is 9.73 Å². The first kappa shape index (κ1) is 10.8. The van der Waals surface area contributed by atoms with E-state index < -0.39 is 0 Å². The molecule has 0 aliphatic heterocycles. The molecule has 1 N–H and O–H groups in total. The van der Waals surface area contributed by atoms with Gasteiger partial charge >= 0.3 is 0 Å². The van der Waals surface area contributed by atoms with Crippen molar-refractivity contribution in [1.29, 1.82) is 0 Å². The molecule has 0 radical (unpaired) electrons. The van der Waals surface area contributed by atoms with Gasteiger partial charge in [0.1, 0.15) is 5.76 Å². The summed E-state index contributed by atoms with van der Waals surface area (Å²) in [6, 6.07) is 4.00. The summed E-state index contributed by atoms with van der Waals surface area (Å²) in [5.41, 5.74) is 1.94. The van der Waals surface area contributed by atoms with Gasteiger partial charge in [0.25, 0.3) is 0 Å². The number of nitrogens with one attached hydrogen (secondary N) is 1. The molecule has 0 fully saturated rings. The fourth-order valence-electron chi connectivity index (χ4n) is 1.61. The number of hydrogen-bond donors (Lipinski definition) is 1. The molecule has 0 saturated heterocycles. The second-order valence-corrected chi connectivity index (χ2v) is 3.71. The van der Waals surface area contributed by atoms with E-state index in [1.807, 2.05) is 19.1 Å². The number of rotatable bonds is 4. The summed E-state index contributed by atoms with van der Waals surface area (Å²) in [4.78, 5) is 8.54. The highest BCUT2D eigenvalue weighted by Gasteiger charge is 2.10. The van der Waals surface area contributed by atoms with Crippen LogP contribution in [0.3, 0.4) is 0 Å². The van der Waals surface area contributed by atoms with Gasteiger partial charge in [-0.3, -0.25) is 9.97 Å². The Balaban J connectivity index is 1.98. The van der Waals surface area contributed by atoms with E-state index in [0.717, 1.165) is 17.1 Å². The van der Waals surface area contributed by atoms with Crippen molar-refractivity contribution >= 4 is 0 Å². The van der Waals surface area contributed by atoms with Crippen molar-refractivity contribution in [2.75, 3.05) is 0 Å². The Morgan fingerprint density at radius 1 is 1.38 bits per heavy atom. The van der Waals surface area contributed by atoms with Gasteiger partial charge in [0.2, 0.25) is 0 Å². The molecule has 0 spiro atoms. The Morgan fingerprint density at radius 2 is 2.19 bits per heavy atom. The predicted octanol–water partition coefficient (Wildman–Crippen LogP) is 2.23. The van der Waals surface area contributed by atoms with Crippen molar-refractivity contribution in [3.05, 3.63) is 47.9 Å². The lowest BCUT2D eigenvalue weighted by atomic mass is 10.2. The lowest BCUT2D eigenvalue weighted by Crippen LogP contribution is -2.20. The fourth-order valence-corrected chi connectivity index (χ4v) is 1.61. The van der Waals surface area contributed by atoms with Crippen LogP contribution >= 0.6 is 0 Å². The van der Waals surface area contributed by atoms with Gasteiger partial charge in [-0.1, -0.05) is 0 Å². The van der Waals surface area contributed by atoms with Crippen LogP contribution in [-0.4, -0.2) is 9.97 Å². The molecule has 2 rings (SSSR count). The average molecular weight is 217 g/mol. The van der Waals surface area contributed by atoms with Crippen LogP contribution in [0.15, 0.2) is 35.2 Å². The minimum absolute atomic E-state index is 0.166. The smallest absolute Gasteiger partial charge is 0.117 e. The third-order valence-electron chi connectivity index (χ3n) is 2.49. The van der Waals surface area contributed by atoms with E-state index in [-0.39, 0.29) is 6.04 Å². The Morgan fingerprint density at radius 3 is 2.88 bits per heavy atom. The van der Waals surface area contributed by atoms with E-state index in [0.29, 0.717) is 6.54 Å². The van der Waals surface area contributed by atoms with Crippen molar-refractivity contribution in [3.8, 4) is 0 Å². The minimum Gasteiger partial charge on any atom is -0.468 e. The standard InChI is InChI=1S/C12H15N3O/c1-9-12(14-6-5-13-9)10(2)15-8-11-4-3-7-16-11/h3-7,10,15H,8H2,1-2H3. The molecule has 1 atom stereocenters. The van der Waals surface area contributed by atoms with Gasteiger partial charge in [0.15, 0.2) is 0 Å². The highest BCUT2D eigenvalue weighted by Crippen LogP contribution is 2.12. The zero-order chi connectivity index (χ0) is 11.4. The summed E-state index contributed by atoms with van der Waals surface area (Å²) in [6.07, 6.45) is 5.10. The molecular weight excluding hydrogens is 202 g/mol. The second-order valence-electron chi connectivity index (χ2n) is 3.71. The van der Waals surface area contributed by atoms with Crippen LogP contribution < -0.4 is 5.32 Å². The van der Waals surface area contributed by atoms with Gasteiger partial charge in [0.05, 0.1) is 24.2 Å². The Bertz CT molecular complexity index is 439. The number of nitrogens with zero attached hydrogens (tertiary/aromatic N) is 2. The third kappa shape index (κ3) is 2.46. The molecule has 0 bridgehead atoms. The van der Waals surface area contributed by atoms with E-state index in [1.54, 1.807) is 18.7 Å². The van der Waals surface area contributed by atoms with Gasteiger partial charge in [-0.2, -0.15) is 0 Å². The highest BCUT2D eigenvalue weighted by atomic mass is 16.3. The summed E-state index contributed by atoms with van der Waals surface area (Å²) in [5, 5.41) is 3.35. The fraction of sp³-hybridized carbons (Fsp3) is 0.333. The predicted molar refractivity (Wildman–Crippen MR) is 60.7 cm³/mol. The van der Waals surface area contributed by atoms with Crippen LogP contribution in [0.5, 0.6) is 0 Å². The molecule has 0 amide bonds. The molecular formula is C12H15N3O. The molecule has 0 aliphatic rings. The lowest BCUT2D eigenvalue weighted by molar-refractivity contribution is 0.456. The van der Waals surface area contributed by atoms with E-state index in [9.17, 15) is 0 Å². The molecule has 0 saturated carbocycles. The van der Waals surface area contributed by atoms with E-state index >= 15 is 0 Å². The number of aromatic nitrogens is 2. The van der Waals surface area contributed by atoms with Crippen LogP contribution in [0.25, 0.3) is 0 Å². The van der Waals surface area contributed by atoms with Gasteiger partial charge in [0, 0.05) is 18.4 Å². The first-order valence-electron chi connectivity index (χ1n) is 5.30. The molecule has 16 heavy (non-hydrogen) atoms. The quantitative estimate of drug-likeness (QED) is 0.853. The number of hydrogen-bond acceptors (Lipinski definition) is 4. The van der Waals surface area contributed by atoms with E-state index in [4.69, 9.17) is 4.42 Å². The SMILES string of the molecule is Cc1nccnc1C(C)NCc1ccco1. The van der Waals surface area contributed by atoms with Crippen LogP contribution in [0.4, 0.5) is 0 Å². The minimum atomic E-state index is 0.166. The zero-order valence-corrected chi connectivity index (χ0v) is 9.47. The van der Waals surface area contributed by atoms with Crippen molar-refractivity contribution in [2.45, 2.75) is 26.4 Å². The summed E-state index contributed by atoms with van der Waals surface area (Å²) in [6.45, 7) is 4.73. The molecule has 0 aromatic carbocycles. The molecule has 4 nitrogen and oxygen atoms in total. The molecule has 1 unspecified atom stereocenters. The second kappa shape index (κ2) is 4.90. The summed E-state index contributed by atoms with van der Waals surface area (Å²) in [7, 11) is 0. The van der Waals surface area contributed by atoms with E-state index in [2.05, 4.69) is 22.2 Å². The van der Waals surface area contributed by atoms with Gasteiger partial charge in [-0.15, -0.1) is 0 Å². The number of furan rings is 1. The van der Waals surface area contributed by atoms with Crippen LogP contribution in [0, 0.1) is 6.92 Å². The summed E-state index contributed by atoms with van der Waals surface area (Å²) >= 11 is 0. The molecule has 84 valence electrons. The van der Waals surface area contributed by atoms with Crippen LogP contribution in [0.2, 0.25) is 0 Å². The monoisotopic (exact) mass is 217 g/mol. The first-order valence-corrected chi connectivity index (χ1v) is 5.30. The Hall–Kier alpha value is -1.68. The van der Waals surface area contributed by atoms with Crippen LogP contribution in [0.1, 0.15) is 30.1 Å². The third-order valence-corrected chi connectivity index (χ3v) is 2.49. The van der Waals surface area contributed by atoms with Crippen LogP contribution in [-0.2, 0) is 6.54 Å². The highest BCUT2D eigenvalue weighted by molar-refractivity contribution is 5.12. The van der Waals surface area contributed by atoms with Crippen molar-refractivity contribution in [2.24, 2.45) is 0 Å². The molecule has 2 aromatic rings. The van der Waals surface area contributed by atoms with Gasteiger partial charge in [-0.05, 0) is 26.0 Å². The normalized spacial score (nSPS) is 12.6.